The van der Waals surface area contributed by atoms with Crippen molar-refractivity contribution in [1.82, 2.24) is 4.72 Å². The van der Waals surface area contributed by atoms with Crippen LogP contribution in [0.4, 0.5) is 8.78 Å². The smallest absolute Gasteiger partial charge is 0.165 e. The molecule has 18 heavy (non-hydrogen) atoms. The number of para-hydroxylation sites is 1. The molecule has 0 amide bonds. The first kappa shape index (κ1) is 13.6. The highest BCUT2D eigenvalue weighted by molar-refractivity contribution is 7.98. The van der Waals surface area contributed by atoms with E-state index in [1.807, 2.05) is 20.8 Å². The molecule has 0 fully saturated rings. The van der Waals surface area contributed by atoms with Gasteiger partial charge in [-0.1, -0.05) is 24.1 Å². The monoisotopic (exact) mass is 273 g/mol. The molecular formula is C13H17F2NOS. The van der Waals surface area contributed by atoms with Crippen LogP contribution in [-0.4, -0.2) is 17.5 Å². The van der Waals surface area contributed by atoms with Gasteiger partial charge in [-0.25, -0.2) is 8.78 Å². The van der Waals surface area contributed by atoms with Crippen LogP contribution in [0.3, 0.4) is 0 Å². The third kappa shape index (κ3) is 2.95. The maximum Gasteiger partial charge on any atom is 0.165 e. The Balaban J connectivity index is 2.23. The van der Waals surface area contributed by atoms with E-state index in [2.05, 4.69) is 4.72 Å². The number of hydrogen-bond acceptors (Lipinski definition) is 3. The first-order chi connectivity index (χ1) is 8.38. The summed E-state index contributed by atoms with van der Waals surface area (Å²) in [4.78, 5) is 0. The van der Waals surface area contributed by atoms with Gasteiger partial charge >= 0.3 is 0 Å². The van der Waals surface area contributed by atoms with Gasteiger partial charge in [0, 0.05) is 10.3 Å². The molecule has 1 aliphatic heterocycles. The fraction of sp³-hybridized carbons (Fsp3) is 0.538. The Labute approximate surface area is 110 Å². The molecule has 100 valence electrons. The molecule has 1 aliphatic rings. The van der Waals surface area contributed by atoms with E-state index < -0.39 is 18.0 Å². The van der Waals surface area contributed by atoms with E-state index >= 15 is 0 Å². The first-order valence-electron chi connectivity index (χ1n) is 5.87. The summed E-state index contributed by atoms with van der Waals surface area (Å²) in [6.07, 6.45) is -1.17. The van der Waals surface area contributed by atoms with Crippen molar-refractivity contribution in [2.24, 2.45) is 0 Å². The lowest BCUT2D eigenvalue weighted by atomic mass is 10.00. The maximum absolute atomic E-state index is 13.9. The van der Waals surface area contributed by atoms with E-state index in [1.165, 1.54) is 18.0 Å². The Hall–Kier alpha value is -0.810. The SMILES string of the molecule is CC(C)(C)SNC1c2cccc(F)c2OCC1F. The van der Waals surface area contributed by atoms with Gasteiger partial charge in [0.2, 0.25) is 0 Å². The minimum Gasteiger partial charge on any atom is -0.487 e. The van der Waals surface area contributed by atoms with E-state index in [9.17, 15) is 8.78 Å². The molecule has 2 unspecified atom stereocenters. The average Bonchev–Trinajstić information content (AvgIpc) is 2.26. The number of halogens is 2. The van der Waals surface area contributed by atoms with Crippen molar-refractivity contribution in [2.45, 2.75) is 37.7 Å². The number of rotatable bonds is 2. The number of fused-ring (bicyclic) bond motifs is 1. The summed E-state index contributed by atoms with van der Waals surface area (Å²) < 4.78 is 35.7. The normalized spacial score (nSPS) is 23.4. The second kappa shape index (κ2) is 5.05. The van der Waals surface area contributed by atoms with E-state index in [0.717, 1.165) is 0 Å². The molecule has 0 bridgehead atoms. The lowest BCUT2D eigenvalue weighted by Crippen LogP contribution is -2.36. The van der Waals surface area contributed by atoms with Crippen LogP contribution >= 0.6 is 11.9 Å². The average molecular weight is 273 g/mol. The number of nitrogens with one attached hydrogen (secondary N) is 1. The largest absolute Gasteiger partial charge is 0.487 e. The molecule has 2 nitrogen and oxygen atoms in total. The lowest BCUT2D eigenvalue weighted by Gasteiger charge is -2.31. The Bertz CT molecular complexity index is 433. The maximum atomic E-state index is 13.9. The summed E-state index contributed by atoms with van der Waals surface area (Å²) in [5.74, 6) is -0.273. The third-order valence-corrected chi connectivity index (χ3v) is 3.56. The topological polar surface area (TPSA) is 21.3 Å². The van der Waals surface area contributed by atoms with Crippen molar-refractivity contribution >= 4 is 11.9 Å². The quantitative estimate of drug-likeness (QED) is 0.831. The molecule has 2 atom stereocenters. The van der Waals surface area contributed by atoms with Crippen molar-refractivity contribution in [1.29, 1.82) is 0 Å². The lowest BCUT2D eigenvalue weighted by molar-refractivity contribution is 0.136. The molecule has 2 rings (SSSR count). The second-order valence-electron chi connectivity index (χ2n) is 5.30. The van der Waals surface area contributed by atoms with Crippen LogP contribution in [0.5, 0.6) is 5.75 Å². The highest BCUT2D eigenvalue weighted by Gasteiger charge is 2.33. The van der Waals surface area contributed by atoms with Crippen LogP contribution in [0.15, 0.2) is 18.2 Å². The predicted molar refractivity (Wildman–Crippen MR) is 70.0 cm³/mol. The standard InChI is InChI=1S/C13H17F2NOS/c1-13(2,3)18-16-11-8-5-4-6-9(14)12(8)17-7-10(11)15/h4-6,10-11,16H,7H2,1-3H3. The van der Waals surface area contributed by atoms with Crippen LogP contribution in [0.2, 0.25) is 0 Å². The molecule has 0 radical (unpaired) electrons. The molecule has 0 spiro atoms. The number of alkyl halides is 1. The molecule has 5 heteroatoms. The molecule has 0 aliphatic carbocycles. The summed E-state index contributed by atoms with van der Waals surface area (Å²) >= 11 is 1.45. The van der Waals surface area contributed by atoms with Gasteiger partial charge in [0.15, 0.2) is 17.7 Å². The minimum atomic E-state index is -1.17. The van der Waals surface area contributed by atoms with Crippen LogP contribution in [0, 0.1) is 5.82 Å². The predicted octanol–water partition coefficient (Wildman–Crippen LogP) is 3.63. The fourth-order valence-electron chi connectivity index (χ4n) is 1.75. The van der Waals surface area contributed by atoms with Crippen molar-refractivity contribution in [3.8, 4) is 5.75 Å². The summed E-state index contributed by atoms with van der Waals surface area (Å²) in [7, 11) is 0. The van der Waals surface area contributed by atoms with Crippen molar-refractivity contribution < 1.29 is 13.5 Å². The first-order valence-corrected chi connectivity index (χ1v) is 6.69. The zero-order valence-corrected chi connectivity index (χ0v) is 11.5. The fourth-order valence-corrected chi connectivity index (χ4v) is 2.51. The van der Waals surface area contributed by atoms with Gasteiger partial charge in [0.1, 0.15) is 6.61 Å². The number of benzene rings is 1. The van der Waals surface area contributed by atoms with Gasteiger partial charge < -0.3 is 4.74 Å². The van der Waals surface area contributed by atoms with Crippen molar-refractivity contribution in [3.05, 3.63) is 29.6 Å². The van der Waals surface area contributed by atoms with Gasteiger partial charge in [-0.05, 0) is 26.8 Å². The summed E-state index contributed by atoms with van der Waals surface area (Å²) in [6, 6.07) is 4.07. The molecule has 0 saturated carbocycles. The Morgan fingerprint density at radius 1 is 1.39 bits per heavy atom. The summed E-state index contributed by atoms with van der Waals surface area (Å²) in [6.45, 7) is 5.98. The molecule has 1 N–H and O–H groups in total. The van der Waals surface area contributed by atoms with E-state index in [4.69, 9.17) is 4.74 Å². The Morgan fingerprint density at radius 3 is 2.78 bits per heavy atom. The van der Waals surface area contributed by atoms with E-state index in [0.29, 0.717) is 5.56 Å². The minimum absolute atomic E-state index is 0.0362. The highest BCUT2D eigenvalue weighted by atomic mass is 32.2. The summed E-state index contributed by atoms with van der Waals surface area (Å²) in [5.41, 5.74) is 0.547. The Kier molecular flexibility index (Phi) is 3.82. The van der Waals surface area contributed by atoms with Gasteiger partial charge in [-0.2, -0.15) is 0 Å². The molecule has 0 aromatic heterocycles. The molecule has 1 aromatic rings. The molecule has 1 heterocycles. The van der Waals surface area contributed by atoms with E-state index in [1.54, 1.807) is 12.1 Å². The molecular weight excluding hydrogens is 256 g/mol. The van der Waals surface area contributed by atoms with Crippen molar-refractivity contribution in [3.63, 3.8) is 0 Å². The number of ether oxygens (including phenoxy) is 1. The third-order valence-electron chi connectivity index (χ3n) is 2.57. The van der Waals surface area contributed by atoms with Gasteiger partial charge in [0.05, 0.1) is 6.04 Å². The Morgan fingerprint density at radius 2 is 2.11 bits per heavy atom. The van der Waals surface area contributed by atoms with Crippen LogP contribution in [0.1, 0.15) is 32.4 Å². The van der Waals surface area contributed by atoms with Gasteiger partial charge in [-0.15, -0.1) is 0 Å². The molecule has 1 aromatic carbocycles. The van der Waals surface area contributed by atoms with E-state index in [-0.39, 0.29) is 17.1 Å². The van der Waals surface area contributed by atoms with Crippen LogP contribution in [0.25, 0.3) is 0 Å². The van der Waals surface area contributed by atoms with Crippen LogP contribution < -0.4 is 9.46 Å². The molecule has 0 saturated heterocycles. The van der Waals surface area contributed by atoms with Crippen LogP contribution in [-0.2, 0) is 0 Å². The zero-order chi connectivity index (χ0) is 13.3. The number of hydrogen-bond donors (Lipinski definition) is 1. The van der Waals surface area contributed by atoms with Gasteiger partial charge in [-0.3, -0.25) is 4.72 Å². The zero-order valence-electron chi connectivity index (χ0n) is 10.7. The summed E-state index contributed by atoms with van der Waals surface area (Å²) in [5, 5.41) is 0. The second-order valence-corrected chi connectivity index (χ2v) is 6.96. The van der Waals surface area contributed by atoms with Gasteiger partial charge in [0.25, 0.3) is 0 Å². The van der Waals surface area contributed by atoms with Crippen molar-refractivity contribution in [2.75, 3.05) is 6.61 Å². The highest BCUT2D eigenvalue weighted by Crippen LogP contribution is 2.37.